The summed E-state index contributed by atoms with van der Waals surface area (Å²) < 4.78 is 5.27. The minimum absolute atomic E-state index is 0.283. The first-order valence-electron chi connectivity index (χ1n) is 4.48. The molecule has 0 saturated carbocycles. The van der Waals surface area contributed by atoms with E-state index in [-0.39, 0.29) is 5.75 Å². The Balaban J connectivity index is 2.81. The molecule has 0 bridgehead atoms. The summed E-state index contributed by atoms with van der Waals surface area (Å²) in [5.74, 6) is 1.13. The van der Waals surface area contributed by atoms with E-state index >= 15 is 0 Å². The van der Waals surface area contributed by atoms with Crippen LogP contribution >= 0.6 is 0 Å². The molecule has 0 radical (unpaired) electrons. The number of ether oxygens (including phenoxy) is 1. The van der Waals surface area contributed by atoms with Crippen molar-refractivity contribution >= 4 is 10.8 Å². The molecule has 2 aromatic carbocycles. The maximum absolute atomic E-state index is 9.34. The molecule has 2 rings (SSSR count). The summed E-state index contributed by atoms with van der Waals surface area (Å²) in [6.45, 7) is 2.01. The Labute approximate surface area is 82.8 Å². The number of rotatable bonds is 1. The van der Waals surface area contributed by atoms with Crippen molar-refractivity contribution in [2.24, 2.45) is 0 Å². The molecule has 2 nitrogen and oxygen atoms in total. The molecule has 1 N–H and O–H groups in total. The topological polar surface area (TPSA) is 29.5 Å². The number of fused-ring (bicyclic) bond motifs is 1. The lowest BCUT2D eigenvalue weighted by molar-refractivity contribution is 0.419. The van der Waals surface area contributed by atoms with Crippen LogP contribution in [0.25, 0.3) is 10.8 Å². The molecular weight excluding hydrogens is 176 g/mol. The molecular formula is C12H12O2. The third-order valence-electron chi connectivity index (χ3n) is 2.26. The lowest BCUT2D eigenvalue weighted by Gasteiger charge is -2.07. The van der Waals surface area contributed by atoms with Crippen molar-refractivity contribution in [3.63, 3.8) is 0 Å². The molecule has 0 atom stereocenters. The Morgan fingerprint density at radius 2 is 1.93 bits per heavy atom. The molecule has 0 aromatic heterocycles. The van der Waals surface area contributed by atoms with Gasteiger partial charge in [0.05, 0.1) is 7.11 Å². The van der Waals surface area contributed by atoms with Crippen LogP contribution in [0.1, 0.15) is 5.56 Å². The second kappa shape index (κ2) is 3.22. The lowest BCUT2D eigenvalue weighted by atomic mass is 10.1. The SMILES string of the molecule is COc1cc(C)cc2cc(O)ccc12. The highest BCUT2D eigenvalue weighted by atomic mass is 16.5. The van der Waals surface area contributed by atoms with Gasteiger partial charge in [0.15, 0.2) is 0 Å². The quantitative estimate of drug-likeness (QED) is 0.745. The Hall–Kier alpha value is -1.70. The molecule has 0 aliphatic rings. The van der Waals surface area contributed by atoms with Crippen LogP contribution in [0.15, 0.2) is 30.3 Å². The van der Waals surface area contributed by atoms with Gasteiger partial charge in [0.25, 0.3) is 0 Å². The fourth-order valence-electron chi connectivity index (χ4n) is 1.63. The average Bonchev–Trinajstić information content (AvgIpc) is 2.15. The number of methoxy groups -OCH3 is 1. The highest BCUT2D eigenvalue weighted by Crippen LogP contribution is 2.29. The van der Waals surface area contributed by atoms with Gasteiger partial charge in [0, 0.05) is 5.39 Å². The van der Waals surface area contributed by atoms with E-state index in [0.29, 0.717) is 0 Å². The Morgan fingerprint density at radius 3 is 2.64 bits per heavy atom. The smallest absolute Gasteiger partial charge is 0.126 e. The summed E-state index contributed by atoms with van der Waals surface area (Å²) in [7, 11) is 1.65. The number of aryl methyl sites for hydroxylation is 1. The van der Waals surface area contributed by atoms with E-state index in [9.17, 15) is 5.11 Å². The molecule has 0 amide bonds. The summed E-state index contributed by atoms with van der Waals surface area (Å²) in [6.07, 6.45) is 0. The van der Waals surface area contributed by atoms with E-state index in [1.165, 1.54) is 0 Å². The monoisotopic (exact) mass is 188 g/mol. The van der Waals surface area contributed by atoms with Crippen LogP contribution in [0, 0.1) is 6.92 Å². The summed E-state index contributed by atoms with van der Waals surface area (Å²) in [4.78, 5) is 0. The number of phenolic OH excluding ortho intramolecular Hbond substituents is 1. The molecule has 72 valence electrons. The van der Waals surface area contributed by atoms with Gasteiger partial charge in [-0.2, -0.15) is 0 Å². The number of hydrogen-bond acceptors (Lipinski definition) is 2. The van der Waals surface area contributed by atoms with Crippen LogP contribution in [0.3, 0.4) is 0 Å². The molecule has 0 aliphatic heterocycles. The van der Waals surface area contributed by atoms with Crippen molar-refractivity contribution in [2.75, 3.05) is 7.11 Å². The zero-order chi connectivity index (χ0) is 10.1. The highest BCUT2D eigenvalue weighted by Gasteiger charge is 2.02. The maximum atomic E-state index is 9.34. The van der Waals surface area contributed by atoms with Crippen molar-refractivity contribution in [1.29, 1.82) is 0 Å². The molecule has 2 heteroatoms. The van der Waals surface area contributed by atoms with Gasteiger partial charge in [-0.05, 0) is 42.1 Å². The van der Waals surface area contributed by atoms with Crippen molar-refractivity contribution < 1.29 is 9.84 Å². The first-order valence-corrected chi connectivity index (χ1v) is 4.48. The Kier molecular flexibility index (Phi) is 2.04. The van der Waals surface area contributed by atoms with Crippen LogP contribution < -0.4 is 4.74 Å². The fourth-order valence-corrected chi connectivity index (χ4v) is 1.63. The molecule has 0 saturated heterocycles. The van der Waals surface area contributed by atoms with Gasteiger partial charge >= 0.3 is 0 Å². The van der Waals surface area contributed by atoms with Gasteiger partial charge < -0.3 is 9.84 Å². The largest absolute Gasteiger partial charge is 0.508 e. The summed E-state index contributed by atoms with van der Waals surface area (Å²) >= 11 is 0. The van der Waals surface area contributed by atoms with E-state index in [0.717, 1.165) is 22.1 Å². The van der Waals surface area contributed by atoms with Crippen LogP contribution in [0.5, 0.6) is 11.5 Å². The minimum Gasteiger partial charge on any atom is -0.508 e. The lowest BCUT2D eigenvalue weighted by Crippen LogP contribution is -1.86. The van der Waals surface area contributed by atoms with Crippen LogP contribution in [0.2, 0.25) is 0 Å². The van der Waals surface area contributed by atoms with Crippen LogP contribution in [-0.4, -0.2) is 12.2 Å². The van der Waals surface area contributed by atoms with E-state index in [4.69, 9.17) is 4.74 Å². The Morgan fingerprint density at radius 1 is 1.14 bits per heavy atom. The van der Waals surface area contributed by atoms with Gasteiger partial charge in [0.2, 0.25) is 0 Å². The normalized spacial score (nSPS) is 10.4. The zero-order valence-corrected chi connectivity index (χ0v) is 8.24. The first kappa shape index (κ1) is 8.88. The predicted octanol–water partition coefficient (Wildman–Crippen LogP) is 2.86. The molecule has 0 aliphatic carbocycles. The van der Waals surface area contributed by atoms with Crippen LogP contribution in [0.4, 0.5) is 0 Å². The second-order valence-corrected chi connectivity index (χ2v) is 3.37. The third kappa shape index (κ3) is 1.39. The number of hydrogen-bond donors (Lipinski definition) is 1. The van der Waals surface area contributed by atoms with Gasteiger partial charge in [0.1, 0.15) is 11.5 Å². The van der Waals surface area contributed by atoms with E-state index in [2.05, 4.69) is 0 Å². The highest BCUT2D eigenvalue weighted by molar-refractivity contribution is 5.90. The molecule has 0 spiro atoms. The minimum atomic E-state index is 0.283. The Bertz CT molecular complexity index is 470. The van der Waals surface area contributed by atoms with Crippen molar-refractivity contribution in [2.45, 2.75) is 6.92 Å². The third-order valence-corrected chi connectivity index (χ3v) is 2.26. The molecule has 0 fully saturated rings. The maximum Gasteiger partial charge on any atom is 0.126 e. The van der Waals surface area contributed by atoms with Gasteiger partial charge in [-0.25, -0.2) is 0 Å². The summed E-state index contributed by atoms with van der Waals surface area (Å²) in [6, 6.07) is 9.28. The van der Waals surface area contributed by atoms with E-state index < -0.39 is 0 Å². The van der Waals surface area contributed by atoms with Crippen molar-refractivity contribution in [3.05, 3.63) is 35.9 Å². The van der Waals surface area contributed by atoms with E-state index in [1.807, 2.05) is 25.1 Å². The van der Waals surface area contributed by atoms with E-state index in [1.54, 1.807) is 19.2 Å². The van der Waals surface area contributed by atoms with Gasteiger partial charge in [-0.1, -0.05) is 6.07 Å². The summed E-state index contributed by atoms with van der Waals surface area (Å²) in [5.41, 5.74) is 1.12. The average molecular weight is 188 g/mol. The fraction of sp³-hybridized carbons (Fsp3) is 0.167. The van der Waals surface area contributed by atoms with Gasteiger partial charge in [-0.3, -0.25) is 0 Å². The number of aromatic hydroxyl groups is 1. The standard InChI is InChI=1S/C12H12O2/c1-8-5-9-7-10(13)3-4-11(9)12(6-8)14-2/h3-7,13H,1-2H3. The number of benzene rings is 2. The molecule has 14 heavy (non-hydrogen) atoms. The molecule has 0 unspecified atom stereocenters. The first-order chi connectivity index (χ1) is 6.70. The molecule has 2 aromatic rings. The molecule has 0 heterocycles. The zero-order valence-electron chi connectivity index (χ0n) is 8.24. The predicted molar refractivity (Wildman–Crippen MR) is 56.9 cm³/mol. The van der Waals surface area contributed by atoms with Crippen molar-refractivity contribution in [3.8, 4) is 11.5 Å². The number of phenols is 1. The van der Waals surface area contributed by atoms with Crippen LogP contribution in [-0.2, 0) is 0 Å². The van der Waals surface area contributed by atoms with Crippen molar-refractivity contribution in [1.82, 2.24) is 0 Å². The van der Waals surface area contributed by atoms with Gasteiger partial charge in [-0.15, -0.1) is 0 Å². The second-order valence-electron chi connectivity index (χ2n) is 3.37. The summed E-state index contributed by atoms with van der Waals surface area (Å²) in [5, 5.41) is 11.4.